The number of benzene rings is 2. The summed E-state index contributed by atoms with van der Waals surface area (Å²) in [6.45, 7) is 1.87. The third kappa shape index (κ3) is 4.81. The van der Waals surface area contributed by atoms with E-state index in [1.165, 1.54) is 6.07 Å². The molecule has 0 bridgehead atoms. The molecule has 1 fully saturated rings. The first kappa shape index (κ1) is 18.4. The summed E-state index contributed by atoms with van der Waals surface area (Å²) in [5.74, 6) is -0.400. The molecular weight excluding hydrogens is 407 g/mol. The van der Waals surface area contributed by atoms with Crippen LogP contribution in [0.4, 0.5) is 10.1 Å². The van der Waals surface area contributed by atoms with Crippen LogP contribution in [-0.2, 0) is 11.3 Å². The number of carbonyl (C=O) groups is 1. The van der Waals surface area contributed by atoms with Crippen molar-refractivity contribution in [2.75, 3.05) is 18.4 Å². The first-order valence-corrected chi connectivity index (χ1v) is 9.41. The minimum atomic E-state index is -0.297. The molecule has 1 aliphatic heterocycles. The van der Waals surface area contributed by atoms with E-state index in [-0.39, 0.29) is 17.6 Å². The fourth-order valence-electron chi connectivity index (χ4n) is 3.10. The summed E-state index contributed by atoms with van der Waals surface area (Å²) in [6, 6.07) is 12.2. The molecule has 0 saturated carbocycles. The lowest BCUT2D eigenvalue weighted by Crippen LogP contribution is -2.40. The van der Waals surface area contributed by atoms with Gasteiger partial charge >= 0.3 is 0 Å². The number of carbonyl (C=O) groups excluding carboxylic acids is 1. The Labute approximate surface area is 160 Å². The quantitative estimate of drug-likeness (QED) is 0.740. The van der Waals surface area contributed by atoms with Gasteiger partial charge in [-0.25, -0.2) is 4.39 Å². The van der Waals surface area contributed by atoms with Crippen molar-refractivity contribution in [1.82, 2.24) is 4.90 Å². The maximum Gasteiger partial charge on any atom is 0.228 e. The van der Waals surface area contributed by atoms with Crippen molar-refractivity contribution >= 4 is 39.1 Å². The highest BCUT2D eigenvalue weighted by molar-refractivity contribution is 9.10. The minimum Gasteiger partial charge on any atom is -0.326 e. The zero-order valence-corrected chi connectivity index (χ0v) is 16.0. The number of nitrogens with one attached hydrogen (secondary N) is 1. The van der Waals surface area contributed by atoms with E-state index in [2.05, 4.69) is 26.1 Å². The van der Waals surface area contributed by atoms with Crippen LogP contribution >= 0.6 is 27.5 Å². The molecule has 1 unspecified atom stereocenters. The molecule has 132 valence electrons. The molecule has 2 aromatic carbocycles. The molecule has 25 heavy (non-hydrogen) atoms. The van der Waals surface area contributed by atoms with Gasteiger partial charge in [-0.3, -0.25) is 9.69 Å². The number of likely N-dealkylation sites (tertiary alicyclic amines) is 1. The number of anilines is 1. The molecular formula is C19H19BrClFN2O. The van der Waals surface area contributed by atoms with E-state index in [1.54, 1.807) is 12.1 Å². The SMILES string of the molecule is O=C(Nc1ccc(Br)cc1)C1CCCN(Cc2c(F)cccc2Cl)C1. The molecule has 3 rings (SSSR count). The lowest BCUT2D eigenvalue weighted by Gasteiger charge is -2.32. The lowest BCUT2D eigenvalue weighted by atomic mass is 9.96. The summed E-state index contributed by atoms with van der Waals surface area (Å²) in [4.78, 5) is 14.6. The standard InChI is InChI=1S/C19H19BrClFN2O/c20-14-6-8-15(9-7-14)23-19(25)13-3-2-10-24(11-13)12-16-17(21)4-1-5-18(16)22/h1,4-9,13H,2-3,10-12H2,(H,23,25). The van der Waals surface area contributed by atoms with Gasteiger partial charge in [-0.2, -0.15) is 0 Å². The monoisotopic (exact) mass is 424 g/mol. The molecule has 1 amide bonds. The van der Waals surface area contributed by atoms with Gasteiger partial charge in [-0.05, 0) is 55.8 Å². The zero-order valence-electron chi connectivity index (χ0n) is 13.6. The smallest absolute Gasteiger partial charge is 0.228 e. The fraction of sp³-hybridized carbons (Fsp3) is 0.316. The molecule has 0 aliphatic carbocycles. The summed E-state index contributed by atoms with van der Waals surface area (Å²) in [5.41, 5.74) is 1.28. The Morgan fingerprint density at radius 3 is 2.76 bits per heavy atom. The number of piperidine rings is 1. The van der Waals surface area contributed by atoms with E-state index in [0.29, 0.717) is 23.7 Å². The summed E-state index contributed by atoms with van der Waals surface area (Å²) >= 11 is 9.50. The van der Waals surface area contributed by atoms with E-state index >= 15 is 0 Å². The van der Waals surface area contributed by atoms with Crippen molar-refractivity contribution in [2.45, 2.75) is 19.4 Å². The van der Waals surface area contributed by atoms with Crippen LogP contribution in [-0.4, -0.2) is 23.9 Å². The first-order valence-electron chi connectivity index (χ1n) is 8.24. The van der Waals surface area contributed by atoms with Crippen LogP contribution in [0.3, 0.4) is 0 Å². The average molecular weight is 426 g/mol. The van der Waals surface area contributed by atoms with Crippen LogP contribution in [0.25, 0.3) is 0 Å². The van der Waals surface area contributed by atoms with Crippen LogP contribution in [0.15, 0.2) is 46.9 Å². The van der Waals surface area contributed by atoms with Crippen LogP contribution in [0.1, 0.15) is 18.4 Å². The fourth-order valence-corrected chi connectivity index (χ4v) is 3.58. The van der Waals surface area contributed by atoms with Gasteiger partial charge in [0.15, 0.2) is 0 Å². The van der Waals surface area contributed by atoms with Crippen molar-refractivity contribution in [3.8, 4) is 0 Å². The zero-order chi connectivity index (χ0) is 17.8. The summed E-state index contributed by atoms with van der Waals surface area (Å²) < 4.78 is 15.0. The lowest BCUT2D eigenvalue weighted by molar-refractivity contribution is -0.121. The Balaban J connectivity index is 1.62. The second-order valence-corrected chi connectivity index (χ2v) is 7.59. The third-order valence-corrected chi connectivity index (χ3v) is 5.31. The minimum absolute atomic E-state index is 0.00616. The van der Waals surface area contributed by atoms with Gasteiger partial charge in [-0.15, -0.1) is 0 Å². The van der Waals surface area contributed by atoms with Crippen LogP contribution in [0, 0.1) is 11.7 Å². The van der Waals surface area contributed by atoms with E-state index in [9.17, 15) is 9.18 Å². The van der Waals surface area contributed by atoms with Gasteiger partial charge in [-0.1, -0.05) is 33.6 Å². The highest BCUT2D eigenvalue weighted by Gasteiger charge is 2.26. The van der Waals surface area contributed by atoms with Gasteiger partial charge < -0.3 is 5.32 Å². The predicted octanol–water partition coefficient (Wildman–Crippen LogP) is 5.09. The van der Waals surface area contributed by atoms with Crippen molar-refractivity contribution in [1.29, 1.82) is 0 Å². The van der Waals surface area contributed by atoms with Crippen LogP contribution in [0.2, 0.25) is 5.02 Å². The van der Waals surface area contributed by atoms with E-state index in [4.69, 9.17) is 11.6 Å². The van der Waals surface area contributed by atoms with E-state index in [0.717, 1.165) is 29.5 Å². The molecule has 1 N–H and O–H groups in total. The first-order chi connectivity index (χ1) is 12.0. The molecule has 3 nitrogen and oxygen atoms in total. The maximum absolute atomic E-state index is 14.0. The Bertz CT molecular complexity index is 733. The van der Waals surface area contributed by atoms with Crippen molar-refractivity contribution < 1.29 is 9.18 Å². The molecule has 2 aromatic rings. The molecule has 0 aromatic heterocycles. The Morgan fingerprint density at radius 1 is 1.28 bits per heavy atom. The maximum atomic E-state index is 14.0. The van der Waals surface area contributed by atoms with Gasteiger partial charge in [0.05, 0.1) is 5.92 Å². The largest absolute Gasteiger partial charge is 0.326 e. The Hall–Kier alpha value is -1.43. The number of hydrogen-bond donors (Lipinski definition) is 1. The Morgan fingerprint density at radius 2 is 2.04 bits per heavy atom. The van der Waals surface area contributed by atoms with Crippen LogP contribution < -0.4 is 5.32 Å². The Kier molecular flexibility index (Phi) is 6.10. The normalized spacial score (nSPS) is 18.1. The highest BCUT2D eigenvalue weighted by Crippen LogP contribution is 2.25. The van der Waals surface area contributed by atoms with Gasteiger partial charge in [0, 0.05) is 33.8 Å². The highest BCUT2D eigenvalue weighted by atomic mass is 79.9. The summed E-state index contributed by atoms with van der Waals surface area (Å²) in [7, 11) is 0. The molecule has 1 saturated heterocycles. The summed E-state index contributed by atoms with van der Waals surface area (Å²) in [5, 5.41) is 3.39. The predicted molar refractivity (Wildman–Crippen MR) is 102 cm³/mol. The van der Waals surface area contributed by atoms with Crippen LogP contribution in [0.5, 0.6) is 0 Å². The second kappa shape index (κ2) is 8.30. The molecule has 0 spiro atoms. The number of rotatable bonds is 4. The van der Waals surface area contributed by atoms with Crippen molar-refractivity contribution in [3.63, 3.8) is 0 Å². The van der Waals surface area contributed by atoms with Gasteiger partial charge in [0.25, 0.3) is 0 Å². The van der Waals surface area contributed by atoms with Gasteiger partial charge in [0.1, 0.15) is 5.82 Å². The number of amides is 1. The van der Waals surface area contributed by atoms with Crippen molar-refractivity contribution in [3.05, 3.63) is 63.3 Å². The molecule has 1 aliphatic rings. The second-order valence-electron chi connectivity index (χ2n) is 6.27. The average Bonchev–Trinajstić information content (AvgIpc) is 2.60. The molecule has 1 atom stereocenters. The summed E-state index contributed by atoms with van der Waals surface area (Å²) in [6.07, 6.45) is 1.74. The number of nitrogens with zero attached hydrogens (tertiary/aromatic N) is 1. The number of hydrogen-bond acceptors (Lipinski definition) is 2. The third-order valence-electron chi connectivity index (χ3n) is 4.43. The van der Waals surface area contributed by atoms with E-state index < -0.39 is 0 Å². The number of halogens is 3. The topological polar surface area (TPSA) is 32.3 Å². The molecule has 1 heterocycles. The van der Waals surface area contributed by atoms with E-state index in [1.807, 2.05) is 24.3 Å². The van der Waals surface area contributed by atoms with Crippen molar-refractivity contribution in [2.24, 2.45) is 5.92 Å². The molecule has 0 radical (unpaired) electrons. The van der Waals surface area contributed by atoms with Gasteiger partial charge in [0.2, 0.25) is 5.91 Å². The molecule has 6 heteroatoms.